The van der Waals surface area contributed by atoms with Crippen LogP contribution < -0.4 is 5.32 Å². The molecule has 0 aliphatic heterocycles. The number of hydrogen-bond acceptors (Lipinski definition) is 3. The van der Waals surface area contributed by atoms with Gasteiger partial charge < -0.3 is 15.2 Å². The van der Waals surface area contributed by atoms with E-state index in [0.717, 1.165) is 0 Å². The van der Waals surface area contributed by atoms with E-state index in [-0.39, 0.29) is 25.2 Å². The molecule has 4 nitrogen and oxygen atoms in total. The average Bonchev–Trinajstić information content (AvgIpc) is 2.10. The lowest BCUT2D eigenvalue weighted by Gasteiger charge is -2.14. The van der Waals surface area contributed by atoms with Crippen LogP contribution in [0, 0.1) is 5.92 Å². The third-order valence-corrected chi connectivity index (χ3v) is 1.75. The van der Waals surface area contributed by atoms with Gasteiger partial charge in [0.25, 0.3) is 0 Å². The summed E-state index contributed by atoms with van der Waals surface area (Å²) in [6.07, 6.45) is -0.0212. The molecule has 0 aromatic heterocycles. The quantitative estimate of drug-likeness (QED) is 0.667. The van der Waals surface area contributed by atoms with Crippen LogP contribution in [0.5, 0.6) is 0 Å². The third kappa shape index (κ3) is 9.69. The number of aliphatic hydroxyl groups excluding tert-OH is 1. The summed E-state index contributed by atoms with van der Waals surface area (Å²) < 4.78 is 5.22. The Kier molecular flexibility index (Phi) is 7.34. The molecule has 15 heavy (non-hydrogen) atoms. The summed E-state index contributed by atoms with van der Waals surface area (Å²) in [7, 11) is 0. The van der Waals surface area contributed by atoms with Crippen LogP contribution in [0.15, 0.2) is 0 Å². The molecule has 1 atom stereocenters. The largest absolute Gasteiger partial charge is 0.389 e. The number of aliphatic hydroxyl groups is 1. The van der Waals surface area contributed by atoms with Crippen molar-refractivity contribution in [2.24, 2.45) is 5.92 Å². The van der Waals surface area contributed by atoms with Gasteiger partial charge in [-0.05, 0) is 19.8 Å². The van der Waals surface area contributed by atoms with Crippen LogP contribution in [0.4, 0.5) is 0 Å². The molecule has 0 saturated heterocycles. The normalized spacial score (nSPS) is 13.3. The number of carbonyl (C=O) groups excluding carboxylic acids is 1. The summed E-state index contributed by atoms with van der Waals surface area (Å²) in [5.41, 5.74) is 0. The van der Waals surface area contributed by atoms with Gasteiger partial charge in [0, 0.05) is 13.0 Å². The van der Waals surface area contributed by atoms with Crippen molar-refractivity contribution in [3.05, 3.63) is 0 Å². The topological polar surface area (TPSA) is 58.6 Å². The highest BCUT2D eigenvalue weighted by Gasteiger charge is 2.09. The van der Waals surface area contributed by atoms with Crippen molar-refractivity contribution in [2.75, 3.05) is 13.2 Å². The molecule has 0 rings (SSSR count). The van der Waals surface area contributed by atoms with E-state index < -0.39 is 6.10 Å². The monoisotopic (exact) mass is 217 g/mol. The summed E-state index contributed by atoms with van der Waals surface area (Å²) in [4.78, 5) is 11.2. The van der Waals surface area contributed by atoms with Crippen LogP contribution in [0.25, 0.3) is 0 Å². The van der Waals surface area contributed by atoms with Crippen LogP contribution in [0.2, 0.25) is 0 Å². The number of hydrogen-bond donors (Lipinski definition) is 2. The smallest absolute Gasteiger partial charge is 0.220 e. The molecular formula is C11H23NO3. The molecule has 0 aromatic carbocycles. The fourth-order valence-electron chi connectivity index (χ4n) is 1.04. The Morgan fingerprint density at radius 2 is 1.93 bits per heavy atom. The predicted molar refractivity (Wildman–Crippen MR) is 59.6 cm³/mol. The zero-order chi connectivity index (χ0) is 11.8. The van der Waals surface area contributed by atoms with Gasteiger partial charge in [0.05, 0.1) is 18.8 Å². The molecule has 1 unspecified atom stereocenters. The molecule has 0 fully saturated rings. The maximum Gasteiger partial charge on any atom is 0.220 e. The molecule has 0 saturated carbocycles. The third-order valence-electron chi connectivity index (χ3n) is 1.75. The van der Waals surface area contributed by atoms with Gasteiger partial charge in [-0.1, -0.05) is 13.8 Å². The summed E-state index contributed by atoms with van der Waals surface area (Å²) >= 11 is 0. The number of amides is 1. The van der Waals surface area contributed by atoms with Crippen molar-refractivity contribution >= 4 is 5.91 Å². The molecule has 0 spiro atoms. The maximum absolute atomic E-state index is 11.2. The van der Waals surface area contributed by atoms with E-state index in [1.807, 2.05) is 27.7 Å². The second-order valence-electron chi connectivity index (χ2n) is 4.44. The summed E-state index contributed by atoms with van der Waals surface area (Å²) in [6, 6.07) is 0. The SMILES string of the molecule is CC(C)CC(=O)NCC(O)COC(C)C. The lowest BCUT2D eigenvalue weighted by molar-refractivity contribution is -0.122. The molecule has 0 aliphatic rings. The first kappa shape index (κ1) is 14.4. The average molecular weight is 217 g/mol. The number of carbonyl (C=O) groups is 1. The molecule has 0 bridgehead atoms. The van der Waals surface area contributed by atoms with E-state index in [9.17, 15) is 9.90 Å². The highest BCUT2D eigenvalue weighted by atomic mass is 16.5. The minimum Gasteiger partial charge on any atom is -0.389 e. The first-order valence-electron chi connectivity index (χ1n) is 5.48. The van der Waals surface area contributed by atoms with E-state index in [2.05, 4.69) is 5.32 Å². The molecule has 0 radical (unpaired) electrons. The summed E-state index contributed by atoms with van der Waals surface area (Å²) in [5, 5.41) is 12.1. The molecule has 0 aliphatic carbocycles. The second-order valence-corrected chi connectivity index (χ2v) is 4.44. The van der Waals surface area contributed by atoms with Gasteiger partial charge in [0.1, 0.15) is 0 Å². The number of ether oxygens (including phenoxy) is 1. The first-order chi connectivity index (χ1) is 6.91. The zero-order valence-corrected chi connectivity index (χ0v) is 10.1. The van der Waals surface area contributed by atoms with E-state index in [0.29, 0.717) is 12.3 Å². The van der Waals surface area contributed by atoms with Crippen LogP contribution in [-0.4, -0.2) is 36.4 Å². The van der Waals surface area contributed by atoms with Crippen LogP contribution in [-0.2, 0) is 9.53 Å². The van der Waals surface area contributed by atoms with Gasteiger partial charge >= 0.3 is 0 Å². The van der Waals surface area contributed by atoms with Crippen LogP contribution in [0.3, 0.4) is 0 Å². The molecule has 4 heteroatoms. The molecule has 1 amide bonds. The highest BCUT2D eigenvalue weighted by Crippen LogP contribution is 1.98. The van der Waals surface area contributed by atoms with Crippen molar-refractivity contribution in [2.45, 2.75) is 46.3 Å². The minimum atomic E-state index is -0.622. The Bertz CT molecular complexity index is 181. The zero-order valence-electron chi connectivity index (χ0n) is 10.1. The van der Waals surface area contributed by atoms with E-state index >= 15 is 0 Å². The van der Waals surface area contributed by atoms with Gasteiger partial charge in [-0.15, -0.1) is 0 Å². The maximum atomic E-state index is 11.2. The number of rotatable bonds is 7. The molecular weight excluding hydrogens is 194 g/mol. The van der Waals surface area contributed by atoms with Gasteiger partial charge in [-0.25, -0.2) is 0 Å². The van der Waals surface area contributed by atoms with Crippen LogP contribution in [0.1, 0.15) is 34.1 Å². The first-order valence-corrected chi connectivity index (χ1v) is 5.48. The van der Waals surface area contributed by atoms with Crippen molar-refractivity contribution in [1.82, 2.24) is 5.32 Å². The summed E-state index contributed by atoms with van der Waals surface area (Å²) in [6.45, 7) is 8.31. The summed E-state index contributed by atoms with van der Waals surface area (Å²) in [5.74, 6) is 0.322. The fraction of sp³-hybridized carbons (Fsp3) is 0.909. The van der Waals surface area contributed by atoms with Crippen molar-refractivity contribution in [1.29, 1.82) is 0 Å². The lowest BCUT2D eigenvalue weighted by atomic mass is 10.1. The second kappa shape index (κ2) is 7.65. The van der Waals surface area contributed by atoms with Gasteiger partial charge in [0.15, 0.2) is 0 Å². The Morgan fingerprint density at radius 1 is 1.33 bits per heavy atom. The highest BCUT2D eigenvalue weighted by molar-refractivity contribution is 5.76. The fourth-order valence-corrected chi connectivity index (χ4v) is 1.04. The Balaban J connectivity index is 3.53. The standard InChI is InChI=1S/C11H23NO3/c1-8(2)5-11(14)12-6-10(13)7-15-9(3)4/h8-10,13H,5-7H2,1-4H3,(H,12,14). The molecule has 90 valence electrons. The molecule has 2 N–H and O–H groups in total. The lowest BCUT2D eigenvalue weighted by Crippen LogP contribution is -2.35. The molecule has 0 aromatic rings. The van der Waals surface area contributed by atoms with Gasteiger partial charge in [0.2, 0.25) is 5.91 Å². The van der Waals surface area contributed by atoms with Crippen molar-refractivity contribution in [3.63, 3.8) is 0 Å². The Hall–Kier alpha value is -0.610. The Labute approximate surface area is 92.0 Å². The van der Waals surface area contributed by atoms with Crippen molar-refractivity contribution < 1.29 is 14.6 Å². The number of nitrogens with one attached hydrogen (secondary N) is 1. The minimum absolute atomic E-state index is 0.0198. The Morgan fingerprint density at radius 3 is 2.40 bits per heavy atom. The van der Waals surface area contributed by atoms with Crippen LogP contribution >= 0.6 is 0 Å². The van der Waals surface area contributed by atoms with Crippen molar-refractivity contribution in [3.8, 4) is 0 Å². The predicted octanol–water partition coefficient (Wildman–Crippen LogP) is 0.935. The van der Waals surface area contributed by atoms with E-state index in [1.165, 1.54) is 0 Å². The molecule has 0 heterocycles. The van der Waals surface area contributed by atoms with E-state index in [1.54, 1.807) is 0 Å². The van der Waals surface area contributed by atoms with Gasteiger partial charge in [-0.3, -0.25) is 4.79 Å². The van der Waals surface area contributed by atoms with Gasteiger partial charge in [-0.2, -0.15) is 0 Å². The van der Waals surface area contributed by atoms with E-state index in [4.69, 9.17) is 4.74 Å².